The molecule has 4 nitrogen and oxygen atoms in total. The highest BCUT2D eigenvalue weighted by molar-refractivity contribution is 6.29. The minimum atomic E-state index is -1.16. The highest BCUT2D eigenvalue weighted by Crippen LogP contribution is 2.12. The van der Waals surface area contributed by atoms with Crippen LogP contribution in [-0.2, 0) is 0 Å². The van der Waals surface area contributed by atoms with Gasteiger partial charge in [-0.3, -0.25) is 0 Å². The Bertz CT molecular complexity index is 480. The molecule has 1 aromatic rings. The molecular formula is C9H3ClN2O2. The Morgan fingerprint density at radius 2 is 2.36 bits per heavy atom. The second-order valence-corrected chi connectivity index (χ2v) is 2.61. The summed E-state index contributed by atoms with van der Waals surface area (Å²) in [4.78, 5) is 14.4. The molecule has 0 aliphatic carbocycles. The molecule has 0 aliphatic heterocycles. The second kappa shape index (κ2) is 4.27. The lowest BCUT2D eigenvalue weighted by atomic mass is 10.1. The van der Waals surface area contributed by atoms with E-state index in [2.05, 4.69) is 16.8 Å². The molecule has 1 aromatic heterocycles. The summed E-state index contributed by atoms with van der Waals surface area (Å²) in [5.74, 6) is 3.29. The molecule has 0 bridgehead atoms. The fourth-order valence-electron chi connectivity index (χ4n) is 0.802. The van der Waals surface area contributed by atoms with Gasteiger partial charge < -0.3 is 5.11 Å². The number of hydrogen-bond acceptors (Lipinski definition) is 3. The molecule has 1 rings (SSSR count). The van der Waals surface area contributed by atoms with Gasteiger partial charge in [0, 0.05) is 12.1 Å². The molecule has 1 heterocycles. The SMILES string of the molecule is N#CC#Cc1cnc(Cl)cc1C(=O)O. The normalized spacial score (nSPS) is 8.29. The second-order valence-electron chi connectivity index (χ2n) is 2.22. The Morgan fingerprint density at radius 3 is 2.93 bits per heavy atom. The van der Waals surface area contributed by atoms with Crippen molar-refractivity contribution < 1.29 is 9.90 Å². The van der Waals surface area contributed by atoms with Gasteiger partial charge in [0.05, 0.1) is 11.1 Å². The fraction of sp³-hybridized carbons (Fsp3) is 0. The maximum Gasteiger partial charge on any atom is 0.337 e. The van der Waals surface area contributed by atoms with Gasteiger partial charge in [-0.25, -0.2) is 9.78 Å². The van der Waals surface area contributed by atoms with Gasteiger partial charge >= 0.3 is 5.97 Å². The number of carboxylic acids is 1. The minimum absolute atomic E-state index is 0.0623. The summed E-state index contributed by atoms with van der Waals surface area (Å²) >= 11 is 5.51. The topological polar surface area (TPSA) is 74.0 Å². The third-order valence-corrected chi connectivity index (χ3v) is 1.56. The van der Waals surface area contributed by atoms with Crippen LogP contribution in [0.1, 0.15) is 15.9 Å². The van der Waals surface area contributed by atoms with Crippen LogP contribution in [0.3, 0.4) is 0 Å². The molecule has 0 atom stereocenters. The monoisotopic (exact) mass is 206 g/mol. The first-order valence-corrected chi connectivity index (χ1v) is 3.82. The van der Waals surface area contributed by atoms with Crippen molar-refractivity contribution in [1.29, 1.82) is 5.26 Å². The third kappa shape index (κ3) is 2.22. The van der Waals surface area contributed by atoms with Crippen LogP contribution in [0.25, 0.3) is 0 Å². The van der Waals surface area contributed by atoms with E-state index in [9.17, 15) is 4.79 Å². The van der Waals surface area contributed by atoms with Gasteiger partial charge in [-0.2, -0.15) is 5.26 Å². The Kier molecular flexibility index (Phi) is 3.06. The van der Waals surface area contributed by atoms with Crippen molar-refractivity contribution in [3.63, 3.8) is 0 Å². The van der Waals surface area contributed by atoms with Gasteiger partial charge in [-0.1, -0.05) is 11.6 Å². The van der Waals surface area contributed by atoms with E-state index in [4.69, 9.17) is 22.0 Å². The number of aromatic nitrogens is 1. The maximum absolute atomic E-state index is 10.7. The zero-order valence-corrected chi connectivity index (χ0v) is 7.54. The fourth-order valence-corrected chi connectivity index (χ4v) is 0.960. The molecule has 0 amide bonds. The molecule has 68 valence electrons. The number of pyridine rings is 1. The molecule has 0 radical (unpaired) electrons. The lowest BCUT2D eigenvalue weighted by Gasteiger charge is -1.97. The van der Waals surface area contributed by atoms with E-state index in [1.165, 1.54) is 12.3 Å². The number of carboxylic acid groups (broad SMARTS) is 1. The van der Waals surface area contributed by atoms with Crippen LogP contribution in [0.4, 0.5) is 0 Å². The van der Waals surface area contributed by atoms with Gasteiger partial charge in [0.15, 0.2) is 6.07 Å². The first-order chi connectivity index (χ1) is 6.65. The van der Waals surface area contributed by atoms with Gasteiger partial charge in [0.2, 0.25) is 0 Å². The van der Waals surface area contributed by atoms with Crippen molar-refractivity contribution in [2.75, 3.05) is 0 Å². The molecule has 0 unspecified atom stereocenters. The lowest BCUT2D eigenvalue weighted by Crippen LogP contribution is -2.00. The summed E-state index contributed by atoms with van der Waals surface area (Å²) < 4.78 is 0. The van der Waals surface area contributed by atoms with Gasteiger partial charge in [-0.05, 0) is 12.0 Å². The van der Waals surface area contributed by atoms with Crippen molar-refractivity contribution >= 4 is 17.6 Å². The number of halogens is 1. The summed E-state index contributed by atoms with van der Waals surface area (Å²) in [5, 5.41) is 17.0. The average molecular weight is 207 g/mol. The van der Waals surface area contributed by atoms with Crippen LogP contribution < -0.4 is 0 Å². The van der Waals surface area contributed by atoms with Crippen LogP contribution in [0, 0.1) is 23.2 Å². The summed E-state index contributed by atoms with van der Waals surface area (Å²) in [6.07, 6.45) is 1.22. The molecule has 0 fully saturated rings. The molecule has 0 saturated carbocycles. The first kappa shape index (κ1) is 10.0. The standard InChI is InChI=1S/C9H3ClN2O2/c10-8-4-7(9(13)14)6(5-12-8)2-1-3-11/h4-5H,(H,13,14). The lowest BCUT2D eigenvalue weighted by molar-refractivity contribution is 0.0696. The highest BCUT2D eigenvalue weighted by Gasteiger charge is 2.09. The quantitative estimate of drug-likeness (QED) is 0.555. The molecule has 14 heavy (non-hydrogen) atoms. The molecular weight excluding hydrogens is 204 g/mol. The van der Waals surface area contributed by atoms with Crippen LogP contribution in [0.15, 0.2) is 12.3 Å². The molecule has 0 spiro atoms. The molecule has 0 aromatic carbocycles. The largest absolute Gasteiger partial charge is 0.478 e. The summed E-state index contributed by atoms with van der Waals surface area (Å²) in [7, 11) is 0. The number of hydrogen-bond donors (Lipinski definition) is 1. The number of nitrogens with zero attached hydrogens (tertiary/aromatic N) is 2. The van der Waals surface area contributed by atoms with Crippen molar-refractivity contribution in [3.8, 4) is 17.9 Å². The van der Waals surface area contributed by atoms with E-state index in [0.29, 0.717) is 0 Å². The molecule has 0 saturated heterocycles. The Hall–Kier alpha value is -2.04. The smallest absolute Gasteiger partial charge is 0.337 e. The number of rotatable bonds is 1. The van der Waals surface area contributed by atoms with E-state index in [1.54, 1.807) is 6.07 Å². The summed E-state index contributed by atoms with van der Waals surface area (Å²) in [6, 6.07) is 2.77. The maximum atomic E-state index is 10.7. The van der Waals surface area contributed by atoms with Gasteiger partial charge in [0.25, 0.3) is 0 Å². The van der Waals surface area contributed by atoms with E-state index < -0.39 is 5.97 Å². The number of nitriles is 1. The van der Waals surface area contributed by atoms with Crippen LogP contribution in [0.5, 0.6) is 0 Å². The van der Waals surface area contributed by atoms with Crippen LogP contribution in [-0.4, -0.2) is 16.1 Å². The summed E-state index contributed by atoms with van der Waals surface area (Å²) in [6.45, 7) is 0. The summed E-state index contributed by atoms with van der Waals surface area (Å²) in [5.41, 5.74) is 0.108. The third-order valence-electron chi connectivity index (χ3n) is 1.35. The predicted molar refractivity (Wildman–Crippen MR) is 48.7 cm³/mol. The van der Waals surface area contributed by atoms with Crippen molar-refractivity contribution in [2.24, 2.45) is 0 Å². The zero-order valence-electron chi connectivity index (χ0n) is 6.78. The van der Waals surface area contributed by atoms with Gasteiger partial charge in [-0.15, -0.1) is 0 Å². The van der Waals surface area contributed by atoms with E-state index in [-0.39, 0.29) is 16.3 Å². The Balaban J connectivity index is 3.30. The van der Waals surface area contributed by atoms with Crippen molar-refractivity contribution in [1.82, 2.24) is 4.98 Å². The van der Waals surface area contributed by atoms with Gasteiger partial charge in [0.1, 0.15) is 5.15 Å². The van der Waals surface area contributed by atoms with Crippen molar-refractivity contribution in [3.05, 3.63) is 28.5 Å². The average Bonchev–Trinajstić information content (AvgIpc) is 2.15. The van der Waals surface area contributed by atoms with E-state index in [0.717, 1.165) is 0 Å². The zero-order chi connectivity index (χ0) is 10.6. The van der Waals surface area contributed by atoms with E-state index >= 15 is 0 Å². The van der Waals surface area contributed by atoms with Crippen molar-refractivity contribution in [2.45, 2.75) is 0 Å². The number of aromatic carboxylic acids is 1. The highest BCUT2D eigenvalue weighted by atomic mass is 35.5. The number of carbonyl (C=O) groups is 1. The minimum Gasteiger partial charge on any atom is -0.478 e. The molecule has 0 aliphatic rings. The Morgan fingerprint density at radius 1 is 1.64 bits per heavy atom. The Labute approximate surface area is 84.8 Å². The van der Waals surface area contributed by atoms with Crippen LogP contribution in [0.2, 0.25) is 5.15 Å². The van der Waals surface area contributed by atoms with Crippen LogP contribution >= 0.6 is 11.6 Å². The molecule has 5 heteroatoms. The molecule has 1 N–H and O–H groups in total. The first-order valence-electron chi connectivity index (χ1n) is 3.44. The van der Waals surface area contributed by atoms with E-state index in [1.807, 2.05) is 0 Å². The predicted octanol–water partition coefficient (Wildman–Crippen LogP) is 1.31.